The molecule has 1 aliphatic heterocycles. The van der Waals surface area contributed by atoms with Gasteiger partial charge in [-0.2, -0.15) is 24.4 Å². The predicted molar refractivity (Wildman–Crippen MR) is 71.0 cm³/mol. The smallest absolute Gasteiger partial charge is 0.0666 e. The molecule has 0 bridgehead atoms. The van der Waals surface area contributed by atoms with Crippen LogP contribution in [0.2, 0.25) is 0 Å². The third-order valence-electron chi connectivity index (χ3n) is 3.91. The summed E-state index contributed by atoms with van der Waals surface area (Å²) in [4.78, 5) is 0. The summed E-state index contributed by atoms with van der Waals surface area (Å²) in [5.74, 6) is 2.37. The second-order valence-electron chi connectivity index (χ2n) is 5.08. The summed E-state index contributed by atoms with van der Waals surface area (Å²) in [5, 5.41) is 0.738. The summed E-state index contributed by atoms with van der Waals surface area (Å²) in [6, 6.07) is 0. The Hall–Kier alpha value is 0.660. The van der Waals surface area contributed by atoms with Crippen molar-refractivity contribution in [3.05, 3.63) is 0 Å². The first-order valence-electron chi connectivity index (χ1n) is 6.10. The summed E-state index contributed by atoms with van der Waals surface area (Å²) in [5.41, 5.74) is 0.552. The van der Waals surface area contributed by atoms with Gasteiger partial charge in [0.2, 0.25) is 0 Å². The van der Waals surface area contributed by atoms with Gasteiger partial charge in [-0.05, 0) is 37.4 Å². The Morgan fingerprint density at radius 2 is 2.13 bits per heavy atom. The maximum atomic E-state index is 5.61. The van der Waals surface area contributed by atoms with Crippen molar-refractivity contribution >= 4 is 24.4 Å². The fourth-order valence-electron chi connectivity index (χ4n) is 2.69. The standard InChI is InChI=1S/C12H22OS2/c1-10-11(4-7-13-10)15-9-12(8-14)5-2-3-6-12/h10-11,14H,2-9H2,1H3. The van der Waals surface area contributed by atoms with Crippen molar-refractivity contribution in [3.63, 3.8) is 0 Å². The minimum atomic E-state index is 0.466. The van der Waals surface area contributed by atoms with Gasteiger partial charge >= 0.3 is 0 Å². The molecule has 1 aliphatic carbocycles. The van der Waals surface area contributed by atoms with E-state index >= 15 is 0 Å². The molecule has 1 nitrogen and oxygen atoms in total. The van der Waals surface area contributed by atoms with Gasteiger partial charge in [0.05, 0.1) is 6.10 Å². The van der Waals surface area contributed by atoms with Crippen molar-refractivity contribution < 1.29 is 4.74 Å². The zero-order chi connectivity index (χ0) is 10.7. The van der Waals surface area contributed by atoms with Crippen molar-refractivity contribution in [2.45, 2.75) is 50.4 Å². The Labute approximate surface area is 103 Å². The summed E-state index contributed by atoms with van der Waals surface area (Å²) in [7, 11) is 0. The van der Waals surface area contributed by atoms with Gasteiger partial charge in [0.15, 0.2) is 0 Å². The first-order valence-corrected chi connectivity index (χ1v) is 7.78. The van der Waals surface area contributed by atoms with E-state index in [1.165, 1.54) is 37.9 Å². The fourth-order valence-corrected chi connectivity index (χ4v) is 4.84. The van der Waals surface area contributed by atoms with E-state index in [2.05, 4.69) is 31.3 Å². The molecule has 0 amide bonds. The average Bonchev–Trinajstić information content (AvgIpc) is 2.85. The third-order valence-corrected chi connectivity index (χ3v) is 6.41. The molecule has 1 heterocycles. The van der Waals surface area contributed by atoms with E-state index in [1.807, 2.05) is 0 Å². The summed E-state index contributed by atoms with van der Waals surface area (Å²) in [6.45, 7) is 3.18. The number of hydrogen-bond donors (Lipinski definition) is 1. The molecule has 2 aliphatic rings. The Morgan fingerprint density at radius 1 is 1.40 bits per heavy atom. The fraction of sp³-hybridized carbons (Fsp3) is 1.00. The van der Waals surface area contributed by atoms with Crippen LogP contribution >= 0.6 is 24.4 Å². The van der Waals surface area contributed by atoms with Gasteiger partial charge in [-0.1, -0.05) is 12.8 Å². The molecule has 88 valence electrons. The van der Waals surface area contributed by atoms with E-state index in [0.717, 1.165) is 17.6 Å². The van der Waals surface area contributed by atoms with Crippen molar-refractivity contribution in [1.82, 2.24) is 0 Å². The molecule has 0 aromatic rings. The number of ether oxygens (including phenoxy) is 1. The van der Waals surface area contributed by atoms with Crippen LogP contribution < -0.4 is 0 Å². The largest absolute Gasteiger partial charge is 0.377 e. The van der Waals surface area contributed by atoms with E-state index in [9.17, 15) is 0 Å². The Balaban J connectivity index is 1.80. The van der Waals surface area contributed by atoms with Crippen LogP contribution in [0.4, 0.5) is 0 Å². The molecule has 3 heteroatoms. The Kier molecular flexibility index (Phi) is 4.31. The molecule has 2 rings (SSSR count). The van der Waals surface area contributed by atoms with Crippen LogP contribution in [-0.2, 0) is 4.74 Å². The molecule has 0 aromatic carbocycles. The third kappa shape index (κ3) is 2.86. The van der Waals surface area contributed by atoms with Crippen molar-refractivity contribution in [2.75, 3.05) is 18.1 Å². The van der Waals surface area contributed by atoms with E-state index < -0.39 is 0 Å². The highest BCUT2D eigenvalue weighted by Gasteiger charge is 2.34. The topological polar surface area (TPSA) is 9.23 Å². The number of thiol groups is 1. The second kappa shape index (κ2) is 5.33. The predicted octanol–water partition coefficient (Wildman–Crippen LogP) is 3.39. The lowest BCUT2D eigenvalue weighted by Crippen LogP contribution is -2.25. The van der Waals surface area contributed by atoms with Gasteiger partial charge in [-0.3, -0.25) is 0 Å². The number of thioether (sulfide) groups is 1. The Morgan fingerprint density at radius 3 is 2.67 bits per heavy atom. The van der Waals surface area contributed by atoms with Gasteiger partial charge in [0.1, 0.15) is 0 Å². The van der Waals surface area contributed by atoms with Gasteiger partial charge in [0, 0.05) is 17.6 Å². The lowest BCUT2D eigenvalue weighted by molar-refractivity contribution is 0.127. The Bertz CT molecular complexity index is 202. The zero-order valence-electron chi connectivity index (χ0n) is 9.58. The van der Waals surface area contributed by atoms with E-state index in [-0.39, 0.29) is 0 Å². The van der Waals surface area contributed by atoms with Crippen LogP contribution in [0.5, 0.6) is 0 Å². The van der Waals surface area contributed by atoms with Gasteiger partial charge < -0.3 is 4.74 Å². The van der Waals surface area contributed by atoms with E-state index in [1.54, 1.807) is 0 Å². The summed E-state index contributed by atoms with van der Waals surface area (Å²) < 4.78 is 5.61. The highest BCUT2D eigenvalue weighted by atomic mass is 32.2. The first-order chi connectivity index (χ1) is 7.26. The molecule has 0 spiro atoms. The van der Waals surface area contributed by atoms with E-state index in [0.29, 0.717) is 11.5 Å². The van der Waals surface area contributed by atoms with Crippen molar-refractivity contribution in [3.8, 4) is 0 Å². The van der Waals surface area contributed by atoms with Gasteiger partial charge in [-0.15, -0.1) is 0 Å². The molecule has 0 radical (unpaired) electrons. The van der Waals surface area contributed by atoms with Crippen LogP contribution in [-0.4, -0.2) is 29.5 Å². The average molecular weight is 246 g/mol. The minimum absolute atomic E-state index is 0.466. The zero-order valence-corrected chi connectivity index (χ0v) is 11.3. The molecule has 1 saturated carbocycles. The molecular formula is C12H22OS2. The highest BCUT2D eigenvalue weighted by Crippen LogP contribution is 2.43. The van der Waals surface area contributed by atoms with Crippen LogP contribution in [0.15, 0.2) is 0 Å². The number of rotatable bonds is 4. The highest BCUT2D eigenvalue weighted by molar-refractivity contribution is 8.00. The van der Waals surface area contributed by atoms with Gasteiger partial charge in [0.25, 0.3) is 0 Å². The molecule has 0 aromatic heterocycles. The minimum Gasteiger partial charge on any atom is -0.377 e. The SMILES string of the molecule is CC1OCCC1SCC1(CS)CCCC1. The van der Waals surface area contributed by atoms with Crippen molar-refractivity contribution in [2.24, 2.45) is 5.41 Å². The molecular weight excluding hydrogens is 224 g/mol. The lowest BCUT2D eigenvalue weighted by atomic mass is 9.91. The maximum absolute atomic E-state index is 5.61. The molecule has 2 unspecified atom stereocenters. The van der Waals surface area contributed by atoms with Crippen LogP contribution in [0.1, 0.15) is 39.0 Å². The number of hydrogen-bond acceptors (Lipinski definition) is 3. The van der Waals surface area contributed by atoms with Gasteiger partial charge in [-0.25, -0.2) is 0 Å². The maximum Gasteiger partial charge on any atom is 0.0666 e. The van der Waals surface area contributed by atoms with Crippen LogP contribution in [0.3, 0.4) is 0 Å². The molecule has 2 atom stereocenters. The molecule has 2 fully saturated rings. The summed E-state index contributed by atoms with van der Waals surface area (Å²) >= 11 is 6.69. The lowest BCUT2D eigenvalue weighted by Gasteiger charge is -2.28. The van der Waals surface area contributed by atoms with Crippen LogP contribution in [0.25, 0.3) is 0 Å². The quantitative estimate of drug-likeness (QED) is 0.762. The monoisotopic (exact) mass is 246 g/mol. The first kappa shape index (κ1) is 12.1. The normalized spacial score (nSPS) is 34.8. The second-order valence-corrected chi connectivity index (χ2v) is 6.62. The molecule has 15 heavy (non-hydrogen) atoms. The van der Waals surface area contributed by atoms with E-state index in [4.69, 9.17) is 4.74 Å². The molecule has 1 saturated heterocycles. The van der Waals surface area contributed by atoms with Crippen molar-refractivity contribution in [1.29, 1.82) is 0 Å². The summed E-state index contributed by atoms with van der Waals surface area (Å²) in [6.07, 6.45) is 7.33. The van der Waals surface area contributed by atoms with Crippen LogP contribution in [0, 0.1) is 5.41 Å². The molecule has 0 N–H and O–H groups in total.